The average molecular weight is 784 g/mol. The van der Waals surface area contributed by atoms with Gasteiger partial charge in [0.15, 0.2) is 0 Å². The number of allylic oxidation sites excluding steroid dienone is 1. The molecule has 0 bridgehead atoms. The second-order valence-corrected chi connectivity index (χ2v) is 14.1. The molecule has 2 N–H and O–H groups in total. The Morgan fingerprint density at radius 2 is 1.61 bits per heavy atom. The monoisotopic (exact) mass is 784 g/mol. The first kappa shape index (κ1) is 54.2. The first-order chi connectivity index (χ1) is 27.0. The number of likely N-dealkylation sites (tertiary alicyclic amines) is 1. The number of aromatic nitrogens is 3. The summed E-state index contributed by atoms with van der Waals surface area (Å²) < 4.78 is 0. The Morgan fingerprint density at radius 3 is 2.04 bits per heavy atom. The minimum Gasteiger partial charge on any atom is -0.394 e. The van der Waals surface area contributed by atoms with Crippen molar-refractivity contribution >= 4 is 33.4 Å². The highest BCUT2D eigenvalue weighted by atomic mass is 32.1. The van der Waals surface area contributed by atoms with Gasteiger partial charge >= 0.3 is 0 Å². The molecule has 0 aliphatic carbocycles. The fraction of sp³-hybridized carbons (Fsp3) is 0.520. The van der Waals surface area contributed by atoms with Gasteiger partial charge in [-0.3, -0.25) is 9.88 Å². The highest BCUT2D eigenvalue weighted by Crippen LogP contribution is 2.37. The van der Waals surface area contributed by atoms with Crippen LogP contribution in [-0.4, -0.2) is 46.0 Å². The van der Waals surface area contributed by atoms with E-state index in [0.29, 0.717) is 5.41 Å². The van der Waals surface area contributed by atoms with Gasteiger partial charge in [0.2, 0.25) is 0 Å². The number of rotatable bonds is 10. The van der Waals surface area contributed by atoms with Gasteiger partial charge in [-0.25, -0.2) is 4.98 Å². The van der Waals surface area contributed by atoms with Gasteiger partial charge in [0, 0.05) is 66.2 Å². The maximum atomic E-state index is 5.93. The molecule has 0 radical (unpaired) electrons. The summed E-state index contributed by atoms with van der Waals surface area (Å²) in [6.07, 6.45) is 18.5. The lowest BCUT2D eigenvalue weighted by atomic mass is 9.86. The molecular formula is C50H81N5S. The predicted molar refractivity (Wildman–Crippen MR) is 256 cm³/mol. The van der Waals surface area contributed by atoms with Crippen LogP contribution in [0.5, 0.6) is 0 Å². The van der Waals surface area contributed by atoms with E-state index >= 15 is 0 Å². The highest BCUT2D eigenvalue weighted by molar-refractivity contribution is 7.13. The molecule has 4 aromatic rings. The van der Waals surface area contributed by atoms with E-state index < -0.39 is 0 Å². The Hall–Kier alpha value is -3.92. The zero-order chi connectivity index (χ0) is 43.3. The largest absolute Gasteiger partial charge is 0.394 e. The summed E-state index contributed by atoms with van der Waals surface area (Å²) >= 11 is 1.64. The molecule has 5 nitrogen and oxygen atoms in total. The molecule has 312 valence electrons. The number of hydrogen-bond acceptors (Lipinski definition) is 5. The molecule has 56 heavy (non-hydrogen) atoms. The number of terminal acetylenes is 1. The van der Waals surface area contributed by atoms with Crippen molar-refractivity contribution in [1.82, 2.24) is 25.2 Å². The van der Waals surface area contributed by atoms with E-state index in [1.165, 1.54) is 41.3 Å². The van der Waals surface area contributed by atoms with Crippen molar-refractivity contribution in [2.75, 3.05) is 20.1 Å². The number of fused-ring (bicyclic) bond motifs is 1. The Kier molecular flexibility index (Phi) is 30.2. The van der Waals surface area contributed by atoms with Crippen molar-refractivity contribution in [2.45, 2.75) is 148 Å². The van der Waals surface area contributed by atoms with Crippen LogP contribution < -0.4 is 5.32 Å². The predicted octanol–water partition coefficient (Wildman–Crippen LogP) is 14.8. The van der Waals surface area contributed by atoms with Crippen LogP contribution in [0.4, 0.5) is 0 Å². The van der Waals surface area contributed by atoms with Gasteiger partial charge in [0.25, 0.3) is 0 Å². The number of hydrogen-bond donors (Lipinski definition) is 2. The van der Waals surface area contributed by atoms with Crippen LogP contribution in [0.25, 0.3) is 32.8 Å². The summed E-state index contributed by atoms with van der Waals surface area (Å²) in [6.45, 7) is 41.5. The van der Waals surface area contributed by atoms with Crippen LogP contribution in [0.15, 0.2) is 73.0 Å². The summed E-state index contributed by atoms with van der Waals surface area (Å²) in [6, 6.07) is 10.6. The topological polar surface area (TPSA) is 56.8 Å². The molecule has 6 heteroatoms. The van der Waals surface area contributed by atoms with Gasteiger partial charge in [-0.1, -0.05) is 158 Å². The second kappa shape index (κ2) is 31.2. The molecular weight excluding hydrogens is 703 g/mol. The Bertz CT molecular complexity index is 1690. The smallest absolute Gasteiger partial charge is 0.144 e. The van der Waals surface area contributed by atoms with Crippen LogP contribution in [0.3, 0.4) is 0 Å². The molecule has 3 aromatic heterocycles. The Labute approximate surface area is 349 Å². The summed E-state index contributed by atoms with van der Waals surface area (Å²) in [7, 11) is 1.81. The fourth-order valence-corrected chi connectivity index (χ4v) is 6.88. The number of thiazole rings is 1. The number of pyridine rings is 1. The molecule has 0 amide bonds. The minimum atomic E-state index is 0.222. The number of piperidine rings is 1. The Balaban J connectivity index is 0. The number of nitrogens with zero attached hydrogens (tertiary/aromatic N) is 3. The third-order valence-electron chi connectivity index (χ3n) is 9.44. The molecule has 1 aliphatic heterocycles. The summed E-state index contributed by atoms with van der Waals surface area (Å²) in [5, 5.41) is 6.94. The van der Waals surface area contributed by atoms with E-state index in [9.17, 15) is 0 Å². The summed E-state index contributed by atoms with van der Waals surface area (Å²) in [5.41, 5.74) is 10.7. The van der Waals surface area contributed by atoms with Crippen LogP contribution in [0.2, 0.25) is 0 Å². The van der Waals surface area contributed by atoms with Gasteiger partial charge in [-0.05, 0) is 67.8 Å². The number of aryl methyl sites for hydroxylation is 2. The van der Waals surface area contributed by atoms with Gasteiger partial charge < -0.3 is 10.3 Å². The number of H-pyrrole nitrogens is 1. The normalized spacial score (nSPS) is 12.2. The maximum absolute atomic E-state index is 5.93. The van der Waals surface area contributed by atoms with Crippen molar-refractivity contribution in [3.05, 3.63) is 95.4 Å². The van der Waals surface area contributed by atoms with Crippen molar-refractivity contribution in [1.29, 1.82) is 0 Å². The molecule has 1 atom stereocenters. The van der Waals surface area contributed by atoms with Crippen molar-refractivity contribution < 1.29 is 0 Å². The zero-order valence-corrected chi connectivity index (χ0v) is 39.5. The third kappa shape index (κ3) is 16.7. The van der Waals surface area contributed by atoms with Crippen molar-refractivity contribution in [3.8, 4) is 23.0 Å². The van der Waals surface area contributed by atoms with E-state index in [0.717, 1.165) is 71.0 Å². The molecule has 1 saturated heterocycles. The lowest BCUT2D eigenvalue weighted by Gasteiger charge is -2.35. The van der Waals surface area contributed by atoms with E-state index in [4.69, 9.17) is 11.4 Å². The van der Waals surface area contributed by atoms with Crippen LogP contribution in [0.1, 0.15) is 151 Å². The molecule has 0 saturated carbocycles. The van der Waals surface area contributed by atoms with Crippen LogP contribution >= 0.6 is 11.3 Å². The standard InChI is InChI=1S/C31H32N4S.C8H18.C3H7N.4C2H6/c1-6-23-17-32-30(31-34-20(3)19-36-31)29-28(23)27(18-33-29)21(4)22(5)35-15-13-25(14-16-35)26(7-2)24-11-9-8-10-12-24;1-5-7-8(3,4)6-2;1-3-4-2;4*1-2/h2,8-12,17-19,22,33H,4,6,13-16H2,1,3,5H3;5-7H2,1-4H3;3-4H,1H2,2H3;4*1-2H3. The molecule has 1 fully saturated rings. The lowest BCUT2D eigenvalue weighted by molar-refractivity contribution is 0.232. The lowest BCUT2D eigenvalue weighted by Crippen LogP contribution is -2.38. The fourth-order valence-electron chi connectivity index (χ4n) is 6.09. The number of nitrogens with one attached hydrogen (secondary N) is 2. The zero-order valence-electron chi connectivity index (χ0n) is 38.7. The van der Waals surface area contributed by atoms with Gasteiger partial charge in [-0.15, -0.1) is 17.8 Å². The molecule has 4 heterocycles. The second-order valence-electron chi connectivity index (χ2n) is 13.2. The minimum absolute atomic E-state index is 0.222. The van der Waals surface area contributed by atoms with E-state index in [2.05, 4.69) is 117 Å². The van der Waals surface area contributed by atoms with Gasteiger partial charge in [-0.2, -0.15) is 0 Å². The third-order valence-corrected chi connectivity index (χ3v) is 10.4. The first-order valence-corrected chi connectivity index (χ1v) is 22.3. The highest BCUT2D eigenvalue weighted by Gasteiger charge is 2.26. The molecule has 5 rings (SSSR count). The SMILES string of the molecule is C#CC(=C1CCN(C(C)C(=C)c2c[nH]c3c(-c4nc(C)cs4)ncc(CC)c23)CC1)c1ccccc1.C=CNC.CC.CC.CC.CC.CCCC(C)(C)CC. The van der Waals surface area contributed by atoms with Gasteiger partial charge in [0.1, 0.15) is 10.7 Å². The molecule has 1 aromatic carbocycles. The van der Waals surface area contributed by atoms with E-state index in [1.54, 1.807) is 17.5 Å². The van der Waals surface area contributed by atoms with Crippen molar-refractivity contribution in [2.24, 2.45) is 5.41 Å². The number of benzene rings is 1. The van der Waals surface area contributed by atoms with Gasteiger partial charge in [0.05, 0.1) is 5.52 Å². The molecule has 1 unspecified atom stereocenters. The molecule has 0 spiro atoms. The number of aromatic amines is 1. The van der Waals surface area contributed by atoms with Crippen molar-refractivity contribution in [3.63, 3.8) is 0 Å². The van der Waals surface area contributed by atoms with Crippen LogP contribution in [-0.2, 0) is 6.42 Å². The molecule has 1 aliphatic rings. The summed E-state index contributed by atoms with van der Waals surface area (Å²) in [5.74, 6) is 2.96. The summed E-state index contributed by atoms with van der Waals surface area (Å²) in [4.78, 5) is 15.5. The van der Waals surface area contributed by atoms with Crippen LogP contribution in [0, 0.1) is 24.7 Å². The van der Waals surface area contributed by atoms with E-state index in [-0.39, 0.29) is 6.04 Å². The van der Waals surface area contributed by atoms with E-state index in [1.807, 2.05) is 81.6 Å². The quantitative estimate of drug-likeness (QED) is 0.157. The Morgan fingerprint density at radius 1 is 1.04 bits per heavy atom. The maximum Gasteiger partial charge on any atom is 0.144 e. The average Bonchev–Trinajstić information content (AvgIpc) is 3.91. The first-order valence-electron chi connectivity index (χ1n) is 21.4.